The molecule has 0 radical (unpaired) electrons. The van der Waals surface area contributed by atoms with Gasteiger partial charge < -0.3 is 0 Å². The van der Waals surface area contributed by atoms with Gasteiger partial charge in [-0.25, -0.2) is 0 Å². The molecule has 2 bridgehead atoms. The maximum absolute atomic E-state index is 11.5. The molecule has 2 rings (SSSR count). The van der Waals surface area contributed by atoms with Gasteiger partial charge in [0.25, 0.3) is 0 Å². The molecule has 78 valence electrons. The molecule has 1 heteroatoms. The van der Waals surface area contributed by atoms with E-state index in [0.717, 1.165) is 11.8 Å². The van der Waals surface area contributed by atoms with E-state index in [0.29, 0.717) is 17.6 Å². The molecule has 0 aliphatic heterocycles. The van der Waals surface area contributed by atoms with Crippen molar-refractivity contribution in [2.45, 2.75) is 46.5 Å². The van der Waals surface area contributed by atoms with E-state index in [2.05, 4.69) is 13.8 Å². The third-order valence-corrected chi connectivity index (χ3v) is 4.30. The summed E-state index contributed by atoms with van der Waals surface area (Å²) in [7, 11) is 0. The molecule has 0 N–H and O–H groups in total. The highest BCUT2D eigenvalue weighted by Crippen LogP contribution is 2.58. The smallest absolute Gasteiger partial charge is 0.155 e. The van der Waals surface area contributed by atoms with E-state index in [1.807, 2.05) is 13.0 Å². The van der Waals surface area contributed by atoms with E-state index in [-0.39, 0.29) is 0 Å². The zero-order valence-corrected chi connectivity index (χ0v) is 9.47. The number of carbonyl (C=O) groups is 1. The lowest BCUT2D eigenvalue weighted by atomic mass is 9.72. The third-order valence-electron chi connectivity index (χ3n) is 4.30. The minimum absolute atomic E-state index is 0.299. The molecular weight excluding hydrogens is 172 g/mol. The topological polar surface area (TPSA) is 17.1 Å². The monoisotopic (exact) mass is 192 g/mol. The second kappa shape index (κ2) is 3.22. The van der Waals surface area contributed by atoms with Gasteiger partial charge in [-0.3, -0.25) is 4.79 Å². The number of fused-ring (bicyclic) bond motifs is 2. The van der Waals surface area contributed by atoms with Crippen molar-refractivity contribution in [3.05, 3.63) is 11.6 Å². The van der Waals surface area contributed by atoms with Gasteiger partial charge in [0.1, 0.15) is 0 Å². The first kappa shape index (κ1) is 9.95. The molecular formula is C13H20O. The fourth-order valence-electron chi connectivity index (χ4n) is 3.26. The average molecular weight is 192 g/mol. The van der Waals surface area contributed by atoms with Gasteiger partial charge in [0.05, 0.1) is 0 Å². The van der Waals surface area contributed by atoms with Crippen LogP contribution >= 0.6 is 0 Å². The van der Waals surface area contributed by atoms with Gasteiger partial charge in [-0.2, -0.15) is 0 Å². The zero-order chi connectivity index (χ0) is 10.3. The second-order valence-electron chi connectivity index (χ2n) is 5.35. The quantitative estimate of drug-likeness (QED) is 0.613. The maximum Gasteiger partial charge on any atom is 0.155 e. The summed E-state index contributed by atoms with van der Waals surface area (Å²) in [5.41, 5.74) is 1.74. The largest absolute Gasteiger partial charge is 0.295 e. The van der Waals surface area contributed by atoms with Crippen molar-refractivity contribution >= 4 is 5.78 Å². The van der Waals surface area contributed by atoms with E-state index in [9.17, 15) is 4.79 Å². The van der Waals surface area contributed by atoms with Crippen molar-refractivity contribution in [3.8, 4) is 0 Å². The lowest BCUT2D eigenvalue weighted by molar-refractivity contribution is -0.114. The van der Waals surface area contributed by atoms with Gasteiger partial charge in [-0.15, -0.1) is 0 Å². The molecule has 2 fully saturated rings. The van der Waals surface area contributed by atoms with Crippen LogP contribution in [0.25, 0.3) is 0 Å². The fraction of sp³-hybridized carbons (Fsp3) is 0.769. The average Bonchev–Trinajstić information content (AvgIpc) is 2.68. The van der Waals surface area contributed by atoms with Gasteiger partial charge >= 0.3 is 0 Å². The summed E-state index contributed by atoms with van der Waals surface area (Å²) in [4.78, 5) is 11.5. The summed E-state index contributed by atoms with van der Waals surface area (Å²) in [5.74, 6) is 1.87. The van der Waals surface area contributed by atoms with Crippen LogP contribution in [0.2, 0.25) is 0 Å². The number of allylic oxidation sites excluding steroid dienone is 2. The number of hydrogen-bond acceptors (Lipinski definition) is 1. The fourth-order valence-corrected chi connectivity index (χ4v) is 3.26. The van der Waals surface area contributed by atoms with Gasteiger partial charge in [-0.05, 0) is 42.6 Å². The Labute approximate surface area is 86.6 Å². The first-order valence-corrected chi connectivity index (χ1v) is 5.80. The molecule has 0 saturated heterocycles. The van der Waals surface area contributed by atoms with E-state index in [4.69, 9.17) is 0 Å². The Morgan fingerprint density at radius 3 is 2.71 bits per heavy atom. The van der Waals surface area contributed by atoms with Crippen molar-refractivity contribution in [3.63, 3.8) is 0 Å². The number of hydrogen-bond donors (Lipinski definition) is 0. The molecule has 0 aromatic heterocycles. The maximum atomic E-state index is 11.5. The van der Waals surface area contributed by atoms with Gasteiger partial charge in [0.2, 0.25) is 0 Å². The van der Waals surface area contributed by atoms with E-state index >= 15 is 0 Å². The van der Waals surface area contributed by atoms with Gasteiger partial charge in [0, 0.05) is 6.42 Å². The molecule has 2 aliphatic carbocycles. The van der Waals surface area contributed by atoms with Crippen LogP contribution in [0.15, 0.2) is 11.6 Å². The van der Waals surface area contributed by atoms with Crippen LogP contribution in [-0.2, 0) is 4.79 Å². The van der Waals surface area contributed by atoms with Crippen molar-refractivity contribution in [2.24, 2.45) is 17.3 Å². The van der Waals surface area contributed by atoms with Crippen molar-refractivity contribution in [1.82, 2.24) is 0 Å². The molecule has 0 heterocycles. The lowest BCUT2D eigenvalue weighted by Crippen LogP contribution is -2.23. The van der Waals surface area contributed by atoms with Crippen LogP contribution in [0.1, 0.15) is 46.5 Å². The van der Waals surface area contributed by atoms with E-state index in [1.165, 1.54) is 24.8 Å². The second-order valence-corrected chi connectivity index (χ2v) is 5.35. The first-order valence-electron chi connectivity index (χ1n) is 5.80. The molecule has 0 spiro atoms. The Balaban J connectivity index is 2.27. The Kier molecular flexibility index (Phi) is 2.29. The molecule has 2 unspecified atom stereocenters. The highest BCUT2D eigenvalue weighted by Gasteiger charge is 2.48. The SMILES string of the molecule is CCC(=O)/C=C1\C2CCC(C2)C1(C)C. The van der Waals surface area contributed by atoms with Crippen LogP contribution in [0.5, 0.6) is 0 Å². The standard InChI is InChI=1S/C13H20O/c1-4-11(14)8-12-9-5-6-10(7-9)13(12,2)3/h8-10H,4-7H2,1-3H3/b12-8+. The van der Waals surface area contributed by atoms with E-state index in [1.54, 1.807) is 0 Å². The molecule has 0 aromatic carbocycles. The molecule has 0 amide bonds. The van der Waals surface area contributed by atoms with Crippen LogP contribution in [0.3, 0.4) is 0 Å². The Morgan fingerprint density at radius 2 is 2.21 bits per heavy atom. The number of ketones is 1. The van der Waals surface area contributed by atoms with Crippen LogP contribution in [0.4, 0.5) is 0 Å². The van der Waals surface area contributed by atoms with Crippen molar-refractivity contribution in [2.75, 3.05) is 0 Å². The van der Waals surface area contributed by atoms with E-state index < -0.39 is 0 Å². The highest BCUT2D eigenvalue weighted by atomic mass is 16.1. The van der Waals surface area contributed by atoms with Crippen molar-refractivity contribution < 1.29 is 4.79 Å². The summed E-state index contributed by atoms with van der Waals surface area (Å²) in [6.45, 7) is 6.57. The molecule has 2 saturated carbocycles. The third kappa shape index (κ3) is 1.34. The van der Waals surface area contributed by atoms with Crippen molar-refractivity contribution in [1.29, 1.82) is 0 Å². The highest BCUT2D eigenvalue weighted by molar-refractivity contribution is 5.90. The molecule has 1 nitrogen and oxygen atoms in total. The van der Waals surface area contributed by atoms with Gasteiger partial charge in [-0.1, -0.05) is 26.3 Å². The normalized spacial score (nSPS) is 36.6. The van der Waals surface area contributed by atoms with Crippen LogP contribution in [0, 0.1) is 17.3 Å². The Hall–Kier alpha value is -0.590. The molecule has 2 aliphatic rings. The minimum Gasteiger partial charge on any atom is -0.295 e. The molecule has 0 aromatic rings. The predicted octanol–water partition coefficient (Wildman–Crippen LogP) is 3.35. The number of rotatable bonds is 2. The predicted molar refractivity (Wildman–Crippen MR) is 58.0 cm³/mol. The number of carbonyl (C=O) groups excluding carboxylic acids is 1. The summed E-state index contributed by atoms with van der Waals surface area (Å²) in [6, 6.07) is 0. The Morgan fingerprint density at radius 1 is 1.50 bits per heavy atom. The van der Waals surface area contributed by atoms with Crippen LogP contribution < -0.4 is 0 Å². The molecule has 2 atom stereocenters. The van der Waals surface area contributed by atoms with Gasteiger partial charge in [0.15, 0.2) is 5.78 Å². The zero-order valence-electron chi connectivity index (χ0n) is 9.47. The lowest BCUT2D eigenvalue weighted by Gasteiger charge is -2.32. The summed E-state index contributed by atoms with van der Waals surface area (Å²) in [5, 5.41) is 0. The first-order chi connectivity index (χ1) is 6.55. The van der Waals surface area contributed by atoms with Crippen LogP contribution in [-0.4, -0.2) is 5.78 Å². The Bertz CT molecular complexity index is 286. The molecule has 14 heavy (non-hydrogen) atoms. The summed E-state index contributed by atoms with van der Waals surface area (Å²) < 4.78 is 0. The summed E-state index contributed by atoms with van der Waals surface area (Å²) >= 11 is 0. The summed E-state index contributed by atoms with van der Waals surface area (Å²) in [6.07, 6.45) is 6.61. The minimum atomic E-state index is 0.299.